The molecule has 1 N–H and O–H groups in total. The summed E-state index contributed by atoms with van der Waals surface area (Å²) in [5, 5.41) is 5.96. The highest BCUT2D eigenvalue weighted by molar-refractivity contribution is 5.92. The van der Waals surface area contributed by atoms with Gasteiger partial charge in [0.15, 0.2) is 0 Å². The van der Waals surface area contributed by atoms with Gasteiger partial charge in [-0.3, -0.25) is 14.3 Å². The van der Waals surface area contributed by atoms with Crippen molar-refractivity contribution in [3.05, 3.63) is 64.3 Å². The predicted molar refractivity (Wildman–Crippen MR) is 100 cm³/mol. The number of nitrogens with zero attached hydrogens (tertiary/aromatic N) is 3. The maximum atomic E-state index is 12.8. The number of amides is 1. The molecule has 0 saturated carbocycles. The zero-order valence-electron chi connectivity index (χ0n) is 14.8. The normalized spacial score (nSPS) is 17.6. The monoisotopic (exact) mass is 350 g/mol. The number of H-pyrrole nitrogens is 1. The second kappa shape index (κ2) is 6.78. The van der Waals surface area contributed by atoms with Crippen LogP contribution in [0.2, 0.25) is 0 Å². The Kier molecular flexibility index (Phi) is 4.32. The van der Waals surface area contributed by atoms with E-state index in [9.17, 15) is 9.59 Å². The van der Waals surface area contributed by atoms with Gasteiger partial charge >= 0.3 is 0 Å². The molecule has 26 heavy (non-hydrogen) atoms. The number of carbonyl (C=O) groups is 1. The number of aromatic amines is 1. The SMILES string of the molecule is CCn1ccc(C(=O)N2CCCC(c3cc4ccccc4c(=O)[nH]3)C2)n1. The van der Waals surface area contributed by atoms with E-state index >= 15 is 0 Å². The van der Waals surface area contributed by atoms with Gasteiger partial charge < -0.3 is 9.88 Å². The van der Waals surface area contributed by atoms with Gasteiger partial charge in [0.2, 0.25) is 0 Å². The lowest BCUT2D eigenvalue weighted by atomic mass is 9.93. The fraction of sp³-hybridized carbons (Fsp3) is 0.350. The third kappa shape index (κ3) is 3.03. The Balaban J connectivity index is 1.58. The van der Waals surface area contributed by atoms with Crippen LogP contribution in [0.1, 0.15) is 41.9 Å². The molecule has 134 valence electrons. The van der Waals surface area contributed by atoms with E-state index < -0.39 is 0 Å². The van der Waals surface area contributed by atoms with E-state index in [0.29, 0.717) is 17.6 Å². The molecule has 3 aromatic rings. The van der Waals surface area contributed by atoms with E-state index in [-0.39, 0.29) is 17.4 Å². The van der Waals surface area contributed by atoms with E-state index in [0.717, 1.165) is 37.0 Å². The van der Waals surface area contributed by atoms with E-state index in [1.165, 1.54) is 0 Å². The molecule has 0 bridgehead atoms. The summed E-state index contributed by atoms with van der Waals surface area (Å²) in [5.74, 6) is 0.100. The molecule has 0 radical (unpaired) electrons. The Labute approximate surface area is 151 Å². The molecule has 1 fully saturated rings. The Morgan fingerprint density at radius 3 is 2.96 bits per heavy atom. The third-order valence-electron chi connectivity index (χ3n) is 5.11. The lowest BCUT2D eigenvalue weighted by Crippen LogP contribution is -2.39. The fourth-order valence-electron chi connectivity index (χ4n) is 3.68. The number of benzene rings is 1. The molecule has 3 heterocycles. The minimum Gasteiger partial charge on any atom is -0.337 e. The number of nitrogens with one attached hydrogen (secondary N) is 1. The molecule has 6 heteroatoms. The number of carbonyl (C=O) groups excluding carboxylic acids is 1. The lowest BCUT2D eigenvalue weighted by molar-refractivity contribution is 0.0699. The number of pyridine rings is 1. The van der Waals surface area contributed by atoms with Crippen molar-refractivity contribution in [2.75, 3.05) is 13.1 Å². The number of rotatable bonds is 3. The zero-order valence-corrected chi connectivity index (χ0v) is 14.8. The van der Waals surface area contributed by atoms with E-state index in [1.807, 2.05) is 48.4 Å². The quantitative estimate of drug-likeness (QED) is 0.789. The highest BCUT2D eigenvalue weighted by Crippen LogP contribution is 2.27. The van der Waals surface area contributed by atoms with Gasteiger partial charge in [-0.05, 0) is 43.4 Å². The van der Waals surface area contributed by atoms with Crippen molar-refractivity contribution >= 4 is 16.7 Å². The predicted octanol–water partition coefficient (Wildman–Crippen LogP) is 2.76. The number of hydrogen-bond acceptors (Lipinski definition) is 3. The van der Waals surface area contributed by atoms with Gasteiger partial charge in [0.05, 0.1) is 0 Å². The van der Waals surface area contributed by atoms with E-state index in [1.54, 1.807) is 10.7 Å². The first-order valence-corrected chi connectivity index (χ1v) is 9.10. The molecule has 1 aliphatic heterocycles. The van der Waals surface area contributed by atoms with E-state index in [2.05, 4.69) is 10.1 Å². The summed E-state index contributed by atoms with van der Waals surface area (Å²) >= 11 is 0. The summed E-state index contributed by atoms with van der Waals surface area (Å²) in [6.07, 6.45) is 3.71. The molecule has 6 nitrogen and oxygen atoms in total. The number of aryl methyl sites for hydroxylation is 1. The maximum absolute atomic E-state index is 12.8. The number of aromatic nitrogens is 3. The van der Waals surface area contributed by atoms with Crippen molar-refractivity contribution in [1.29, 1.82) is 0 Å². The van der Waals surface area contributed by atoms with Gasteiger partial charge in [0.1, 0.15) is 5.69 Å². The molecule has 0 spiro atoms. The summed E-state index contributed by atoms with van der Waals surface area (Å²) in [4.78, 5) is 30.0. The van der Waals surface area contributed by atoms with Crippen LogP contribution in [0.4, 0.5) is 0 Å². The molecule has 0 aliphatic carbocycles. The Morgan fingerprint density at radius 2 is 2.15 bits per heavy atom. The van der Waals surface area contributed by atoms with Crippen LogP contribution in [0.25, 0.3) is 10.8 Å². The standard InChI is InChI=1S/C20H22N4O2/c1-2-24-11-9-17(22-24)20(26)23-10-5-7-15(13-23)18-12-14-6-3-4-8-16(14)19(25)21-18/h3-4,6,8-9,11-12,15H,2,5,7,10,13H2,1H3,(H,21,25). The Morgan fingerprint density at radius 1 is 1.31 bits per heavy atom. The zero-order chi connectivity index (χ0) is 18.1. The van der Waals surface area contributed by atoms with Crippen LogP contribution in [-0.2, 0) is 6.54 Å². The summed E-state index contributed by atoms with van der Waals surface area (Å²) < 4.78 is 1.76. The van der Waals surface area contributed by atoms with Crippen molar-refractivity contribution in [1.82, 2.24) is 19.7 Å². The van der Waals surface area contributed by atoms with Crippen molar-refractivity contribution in [2.45, 2.75) is 32.2 Å². The van der Waals surface area contributed by atoms with Gasteiger partial charge in [0, 0.05) is 42.8 Å². The first-order chi connectivity index (χ1) is 12.7. The maximum Gasteiger partial charge on any atom is 0.274 e. The Hall–Kier alpha value is -2.89. The van der Waals surface area contributed by atoms with Crippen molar-refractivity contribution in [3.63, 3.8) is 0 Å². The van der Waals surface area contributed by atoms with Gasteiger partial charge in [-0.15, -0.1) is 0 Å². The number of hydrogen-bond donors (Lipinski definition) is 1. The van der Waals surface area contributed by atoms with Crippen molar-refractivity contribution in [3.8, 4) is 0 Å². The molecule has 1 atom stereocenters. The van der Waals surface area contributed by atoms with Crippen molar-refractivity contribution < 1.29 is 4.79 Å². The number of likely N-dealkylation sites (tertiary alicyclic amines) is 1. The number of piperidine rings is 1. The largest absolute Gasteiger partial charge is 0.337 e. The van der Waals surface area contributed by atoms with Crippen LogP contribution in [0, 0.1) is 0 Å². The van der Waals surface area contributed by atoms with Crippen LogP contribution >= 0.6 is 0 Å². The van der Waals surface area contributed by atoms with Crippen LogP contribution in [-0.4, -0.2) is 38.7 Å². The van der Waals surface area contributed by atoms with Gasteiger partial charge in [-0.1, -0.05) is 18.2 Å². The van der Waals surface area contributed by atoms with Gasteiger partial charge in [-0.25, -0.2) is 0 Å². The molecular formula is C20H22N4O2. The first kappa shape index (κ1) is 16.6. The molecule has 1 amide bonds. The first-order valence-electron chi connectivity index (χ1n) is 9.10. The van der Waals surface area contributed by atoms with Crippen molar-refractivity contribution in [2.24, 2.45) is 0 Å². The van der Waals surface area contributed by atoms with Crippen LogP contribution in [0.5, 0.6) is 0 Å². The number of fused-ring (bicyclic) bond motifs is 1. The summed E-state index contributed by atoms with van der Waals surface area (Å²) in [6, 6.07) is 11.4. The minimum absolute atomic E-state index is 0.0370. The minimum atomic E-state index is -0.0664. The summed E-state index contributed by atoms with van der Waals surface area (Å²) in [5.41, 5.74) is 1.33. The molecule has 4 rings (SSSR count). The van der Waals surface area contributed by atoms with E-state index in [4.69, 9.17) is 0 Å². The highest BCUT2D eigenvalue weighted by atomic mass is 16.2. The molecule has 2 aromatic heterocycles. The Bertz CT molecular complexity index is 1000. The highest BCUT2D eigenvalue weighted by Gasteiger charge is 2.27. The second-order valence-electron chi connectivity index (χ2n) is 6.79. The molecule has 1 aromatic carbocycles. The molecular weight excluding hydrogens is 328 g/mol. The van der Waals surface area contributed by atoms with Gasteiger partial charge in [-0.2, -0.15) is 5.10 Å². The van der Waals surface area contributed by atoms with Gasteiger partial charge in [0.25, 0.3) is 11.5 Å². The van der Waals surface area contributed by atoms with Crippen LogP contribution in [0.3, 0.4) is 0 Å². The third-order valence-corrected chi connectivity index (χ3v) is 5.11. The smallest absolute Gasteiger partial charge is 0.274 e. The average molecular weight is 350 g/mol. The topological polar surface area (TPSA) is 71.0 Å². The fourth-order valence-corrected chi connectivity index (χ4v) is 3.68. The van der Waals surface area contributed by atoms with Crippen LogP contribution < -0.4 is 5.56 Å². The lowest BCUT2D eigenvalue weighted by Gasteiger charge is -2.32. The second-order valence-corrected chi connectivity index (χ2v) is 6.79. The molecule has 1 aliphatic rings. The molecule has 1 unspecified atom stereocenters. The average Bonchev–Trinajstić information content (AvgIpc) is 3.17. The van der Waals surface area contributed by atoms with Crippen LogP contribution in [0.15, 0.2) is 47.4 Å². The summed E-state index contributed by atoms with van der Waals surface area (Å²) in [7, 11) is 0. The molecule has 1 saturated heterocycles. The summed E-state index contributed by atoms with van der Waals surface area (Å²) in [6.45, 7) is 4.07.